The molecule has 1 heterocycles. The molecule has 2 atom stereocenters. The van der Waals surface area contributed by atoms with Gasteiger partial charge in [0, 0.05) is 6.42 Å². The Hall–Kier alpha value is -2.98. The number of cyclic esters (lactones) is 1. The van der Waals surface area contributed by atoms with Gasteiger partial charge in [-0.15, -0.1) is 0 Å². The molecule has 3 nitrogen and oxygen atoms in total. The molecule has 28 heavy (non-hydrogen) atoms. The molecule has 3 aromatic rings. The number of carbonyl (C=O) groups excluding carboxylic acids is 1. The van der Waals surface area contributed by atoms with Crippen LogP contribution in [0.5, 0.6) is 0 Å². The van der Waals surface area contributed by atoms with Crippen molar-refractivity contribution in [3.05, 3.63) is 108 Å². The molecule has 1 aliphatic heterocycles. The standard InChI is InChI=1S/C24H21FO3/c25-22-16-21(28-23(22)26)17-27-24(18-10-4-1-5-11-18,19-12-6-2-7-13-19)20-14-8-3-9-15-20/h1-15,21-22H,16-17H2/t21?,22-/m0/s1. The highest BCUT2D eigenvalue weighted by Crippen LogP contribution is 2.41. The van der Waals surface area contributed by atoms with E-state index in [9.17, 15) is 9.18 Å². The summed E-state index contributed by atoms with van der Waals surface area (Å²) in [6, 6.07) is 29.7. The maximum atomic E-state index is 13.6. The van der Waals surface area contributed by atoms with Gasteiger partial charge in [0.05, 0.1) is 6.61 Å². The minimum absolute atomic E-state index is 0.0211. The zero-order chi connectivity index (χ0) is 19.4. The molecule has 0 radical (unpaired) electrons. The lowest BCUT2D eigenvalue weighted by Gasteiger charge is -2.36. The van der Waals surface area contributed by atoms with E-state index < -0.39 is 23.8 Å². The van der Waals surface area contributed by atoms with Crippen LogP contribution in [0.4, 0.5) is 4.39 Å². The molecular formula is C24H21FO3. The van der Waals surface area contributed by atoms with Crippen molar-refractivity contribution in [2.45, 2.75) is 24.3 Å². The van der Waals surface area contributed by atoms with Gasteiger partial charge >= 0.3 is 5.97 Å². The highest BCUT2D eigenvalue weighted by molar-refractivity contribution is 5.76. The topological polar surface area (TPSA) is 35.5 Å². The van der Waals surface area contributed by atoms with Crippen molar-refractivity contribution in [1.82, 2.24) is 0 Å². The fourth-order valence-corrected chi connectivity index (χ4v) is 3.70. The zero-order valence-corrected chi connectivity index (χ0v) is 15.3. The molecule has 1 fully saturated rings. The van der Waals surface area contributed by atoms with Crippen molar-refractivity contribution in [2.24, 2.45) is 0 Å². The monoisotopic (exact) mass is 376 g/mol. The minimum Gasteiger partial charge on any atom is -0.458 e. The van der Waals surface area contributed by atoms with Gasteiger partial charge in [0.1, 0.15) is 11.7 Å². The Kier molecular flexibility index (Phi) is 5.22. The summed E-state index contributed by atoms with van der Waals surface area (Å²) in [5, 5.41) is 0. The number of rotatable bonds is 6. The smallest absolute Gasteiger partial charge is 0.341 e. The van der Waals surface area contributed by atoms with E-state index in [2.05, 4.69) is 0 Å². The molecule has 0 aliphatic carbocycles. The van der Waals surface area contributed by atoms with Crippen LogP contribution in [-0.2, 0) is 19.9 Å². The number of ether oxygens (including phenoxy) is 2. The van der Waals surface area contributed by atoms with Crippen LogP contribution in [0.1, 0.15) is 23.1 Å². The van der Waals surface area contributed by atoms with Gasteiger partial charge in [-0.1, -0.05) is 91.0 Å². The van der Waals surface area contributed by atoms with Gasteiger partial charge in [-0.2, -0.15) is 0 Å². The van der Waals surface area contributed by atoms with Gasteiger partial charge in [0.2, 0.25) is 6.17 Å². The largest absolute Gasteiger partial charge is 0.458 e. The van der Waals surface area contributed by atoms with Crippen molar-refractivity contribution in [2.75, 3.05) is 6.61 Å². The van der Waals surface area contributed by atoms with E-state index in [1.54, 1.807) is 0 Å². The number of esters is 1. The van der Waals surface area contributed by atoms with Crippen LogP contribution in [-0.4, -0.2) is 24.9 Å². The lowest BCUT2D eigenvalue weighted by Crippen LogP contribution is -2.35. The van der Waals surface area contributed by atoms with Crippen molar-refractivity contribution in [1.29, 1.82) is 0 Å². The average Bonchev–Trinajstić information content (AvgIpc) is 3.08. The molecule has 0 aromatic heterocycles. The Morgan fingerprint density at radius 2 is 1.25 bits per heavy atom. The van der Waals surface area contributed by atoms with Crippen LogP contribution < -0.4 is 0 Å². The Labute approximate surface area is 163 Å². The van der Waals surface area contributed by atoms with E-state index in [1.165, 1.54) is 0 Å². The number of hydrogen-bond acceptors (Lipinski definition) is 3. The van der Waals surface area contributed by atoms with Crippen LogP contribution in [0.15, 0.2) is 91.0 Å². The van der Waals surface area contributed by atoms with E-state index in [0.717, 1.165) is 16.7 Å². The summed E-state index contributed by atoms with van der Waals surface area (Å²) in [6.07, 6.45) is -2.15. The molecule has 0 saturated carbocycles. The second-order valence-electron chi connectivity index (χ2n) is 6.85. The maximum Gasteiger partial charge on any atom is 0.341 e. The summed E-state index contributed by atoms with van der Waals surface area (Å²) < 4.78 is 25.3. The first-order valence-electron chi connectivity index (χ1n) is 9.35. The van der Waals surface area contributed by atoms with Crippen molar-refractivity contribution in [3.8, 4) is 0 Å². The molecule has 1 saturated heterocycles. The van der Waals surface area contributed by atoms with E-state index in [1.807, 2.05) is 91.0 Å². The van der Waals surface area contributed by atoms with Crippen LogP contribution >= 0.6 is 0 Å². The second-order valence-corrected chi connectivity index (χ2v) is 6.85. The third-order valence-corrected chi connectivity index (χ3v) is 5.04. The molecule has 0 bridgehead atoms. The SMILES string of the molecule is O=C1OC(COC(c2ccccc2)(c2ccccc2)c2ccccc2)C[C@@H]1F. The molecule has 0 amide bonds. The Balaban J connectivity index is 1.80. The Bertz CT molecular complexity index is 816. The third kappa shape index (κ3) is 3.43. The quantitative estimate of drug-likeness (QED) is 0.464. The molecular weight excluding hydrogens is 355 g/mol. The molecule has 142 valence electrons. The fourth-order valence-electron chi connectivity index (χ4n) is 3.70. The van der Waals surface area contributed by atoms with Gasteiger partial charge in [-0.25, -0.2) is 9.18 Å². The van der Waals surface area contributed by atoms with E-state index in [-0.39, 0.29) is 13.0 Å². The lowest BCUT2D eigenvalue weighted by atomic mass is 9.80. The van der Waals surface area contributed by atoms with Crippen molar-refractivity contribution in [3.63, 3.8) is 0 Å². The predicted molar refractivity (Wildman–Crippen MR) is 105 cm³/mol. The van der Waals surface area contributed by atoms with Crippen LogP contribution in [0.2, 0.25) is 0 Å². The summed E-state index contributed by atoms with van der Waals surface area (Å²) >= 11 is 0. The van der Waals surface area contributed by atoms with E-state index in [4.69, 9.17) is 9.47 Å². The number of carbonyl (C=O) groups is 1. The van der Waals surface area contributed by atoms with Gasteiger partial charge in [-0.3, -0.25) is 0 Å². The Morgan fingerprint density at radius 3 is 1.61 bits per heavy atom. The fraction of sp³-hybridized carbons (Fsp3) is 0.208. The second kappa shape index (κ2) is 7.95. The predicted octanol–water partition coefficient (Wildman–Crippen LogP) is 4.65. The summed E-state index contributed by atoms with van der Waals surface area (Å²) in [5.74, 6) is -0.807. The van der Waals surface area contributed by atoms with Gasteiger partial charge in [-0.05, 0) is 16.7 Å². The van der Waals surface area contributed by atoms with Crippen molar-refractivity contribution >= 4 is 5.97 Å². The summed E-state index contributed by atoms with van der Waals surface area (Å²) in [7, 11) is 0. The summed E-state index contributed by atoms with van der Waals surface area (Å²) in [6.45, 7) is 0.102. The first kappa shape index (κ1) is 18.4. The van der Waals surface area contributed by atoms with E-state index >= 15 is 0 Å². The first-order valence-corrected chi connectivity index (χ1v) is 9.35. The molecule has 4 rings (SSSR count). The van der Waals surface area contributed by atoms with Crippen molar-refractivity contribution < 1.29 is 18.7 Å². The first-order chi connectivity index (χ1) is 13.7. The molecule has 1 aliphatic rings. The third-order valence-electron chi connectivity index (χ3n) is 5.04. The van der Waals surface area contributed by atoms with Crippen LogP contribution in [0.3, 0.4) is 0 Å². The highest BCUT2D eigenvalue weighted by atomic mass is 19.1. The highest BCUT2D eigenvalue weighted by Gasteiger charge is 2.41. The molecule has 1 unspecified atom stereocenters. The number of halogens is 1. The zero-order valence-electron chi connectivity index (χ0n) is 15.3. The molecule has 0 spiro atoms. The summed E-state index contributed by atoms with van der Waals surface area (Å²) in [5.41, 5.74) is 1.96. The van der Waals surface area contributed by atoms with Crippen LogP contribution in [0, 0.1) is 0 Å². The van der Waals surface area contributed by atoms with Crippen LogP contribution in [0.25, 0.3) is 0 Å². The van der Waals surface area contributed by atoms with Gasteiger partial charge in [0.15, 0.2) is 0 Å². The lowest BCUT2D eigenvalue weighted by molar-refractivity contribution is -0.148. The number of hydrogen-bond donors (Lipinski definition) is 0. The maximum absolute atomic E-state index is 13.6. The number of alkyl halides is 1. The van der Waals surface area contributed by atoms with Gasteiger partial charge in [0.25, 0.3) is 0 Å². The van der Waals surface area contributed by atoms with Gasteiger partial charge < -0.3 is 9.47 Å². The number of benzene rings is 3. The minimum atomic E-state index is -1.58. The molecule has 0 N–H and O–H groups in total. The molecule has 4 heteroatoms. The summed E-state index contributed by atoms with van der Waals surface area (Å²) in [4.78, 5) is 11.5. The Morgan fingerprint density at radius 1 is 0.821 bits per heavy atom. The molecule has 3 aromatic carbocycles. The van der Waals surface area contributed by atoms with E-state index in [0.29, 0.717) is 0 Å². The normalized spacial score (nSPS) is 19.4. The average molecular weight is 376 g/mol.